The number of esters is 1. The van der Waals surface area contributed by atoms with E-state index in [2.05, 4.69) is 15.9 Å². The lowest BCUT2D eigenvalue weighted by Gasteiger charge is -2.19. The number of halogens is 1. The predicted molar refractivity (Wildman–Crippen MR) is 116 cm³/mol. The summed E-state index contributed by atoms with van der Waals surface area (Å²) in [6.45, 7) is 5.89. The molecule has 0 N–H and O–H groups in total. The summed E-state index contributed by atoms with van der Waals surface area (Å²) < 4.78 is 16.5. The van der Waals surface area contributed by atoms with Crippen molar-refractivity contribution in [2.45, 2.75) is 20.8 Å². The second kappa shape index (κ2) is 7.65. The fourth-order valence-corrected chi connectivity index (χ4v) is 3.99. The molecule has 6 nitrogen and oxygen atoms in total. The molecule has 7 heteroatoms. The smallest absolute Gasteiger partial charge is 0.340 e. The molecule has 1 amide bonds. The molecule has 0 aromatic heterocycles. The van der Waals surface area contributed by atoms with E-state index < -0.39 is 5.97 Å². The average molecular weight is 470 g/mol. The van der Waals surface area contributed by atoms with Crippen LogP contribution in [0.5, 0.6) is 11.5 Å². The summed E-state index contributed by atoms with van der Waals surface area (Å²) >= 11 is 3.51. The molecule has 30 heavy (non-hydrogen) atoms. The van der Waals surface area contributed by atoms with Crippen molar-refractivity contribution >= 4 is 39.6 Å². The van der Waals surface area contributed by atoms with Gasteiger partial charge in [-0.15, -0.1) is 0 Å². The highest BCUT2D eigenvalue weighted by molar-refractivity contribution is 9.10. The molecule has 0 fully saturated rings. The number of rotatable bonds is 3. The van der Waals surface area contributed by atoms with Crippen LogP contribution in [0.4, 0.5) is 5.69 Å². The van der Waals surface area contributed by atoms with Crippen molar-refractivity contribution in [3.05, 3.63) is 68.3 Å². The molecule has 2 aromatic carbocycles. The third kappa shape index (κ3) is 3.29. The first-order valence-corrected chi connectivity index (χ1v) is 10.1. The van der Waals surface area contributed by atoms with E-state index in [1.807, 2.05) is 32.0 Å². The number of benzene rings is 2. The van der Waals surface area contributed by atoms with Crippen molar-refractivity contribution in [1.29, 1.82) is 0 Å². The average Bonchev–Trinajstić information content (AvgIpc) is 3.26. The van der Waals surface area contributed by atoms with Crippen LogP contribution >= 0.6 is 15.9 Å². The van der Waals surface area contributed by atoms with Gasteiger partial charge < -0.3 is 14.2 Å². The minimum atomic E-state index is -0.560. The minimum absolute atomic E-state index is 0.147. The van der Waals surface area contributed by atoms with Crippen molar-refractivity contribution in [1.82, 2.24) is 0 Å². The fourth-order valence-electron chi connectivity index (χ4n) is 3.55. The summed E-state index contributed by atoms with van der Waals surface area (Å²) in [6, 6.07) is 9.32. The third-order valence-corrected chi connectivity index (χ3v) is 6.02. The largest absolute Gasteiger partial charge is 0.465 e. The van der Waals surface area contributed by atoms with Crippen molar-refractivity contribution in [2.75, 3.05) is 18.8 Å². The van der Waals surface area contributed by atoms with E-state index in [0.717, 1.165) is 15.6 Å². The predicted octanol–water partition coefficient (Wildman–Crippen LogP) is 4.67. The monoisotopic (exact) mass is 469 g/mol. The van der Waals surface area contributed by atoms with Crippen molar-refractivity contribution < 1.29 is 23.8 Å². The number of carbonyl (C=O) groups excluding carboxylic acids is 2. The number of hydrogen-bond acceptors (Lipinski definition) is 5. The third-order valence-electron chi connectivity index (χ3n) is 5.33. The van der Waals surface area contributed by atoms with Gasteiger partial charge in [0, 0.05) is 15.9 Å². The Morgan fingerprint density at radius 2 is 1.80 bits per heavy atom. The van der Waals surface area contributed by atoms with E-state index in [-0.39, 0.29) is 23.8 Å². The number of aryl methyl sites for hydroxylation is 2. The van der Waals surface area contributed by atoms with Gasteiger partial charge in [-0.2, -0.15) is 0 Å². The van der Waals surface area contributed by atoms with Crippen LogP contribution in [0.1, 0.15) is 23.6 Å². The number of methoxy groups -OCH3 is 1. The molecule has 0 saturated carbocycles. The zero-order valence-electron chi connectivity index (χ0n) is 17.0. The molecular weight excluding hydrogens is 450 g/mol. The van der Waals surface area contributed by atoms with Gasteiger partial charge in [0.2, 0.25) is 6.79 Å². The zero-order chi connectivity index (χ0) is 21.6. The SMILES string of the molecule is COC(=O)C1=C(C)N(c2ccc(C)c(C)c2)C(=O)/C1=C\c1cc2c(cc1Br)OCO2. The van der Waals surface area contributed by atoms with E-state index in [9.17, 15) is 9.59 Å². The van der Waals surface area contributed by atoms with Gasteiger partial charge in [-0.05, 0) is 67.8 Å². The molecule has 0 bridgehead atoms. The number of anilines is 1. The first-order valence-electron chi connectivity index (χ1n) is 9.34. The Hall–Kier alpha value is -3.06. The fraction of sp³-hybridized carbons (Fsp3) is 0.217. The van der Waals surface area contributed by atoms with E-state index in [4.69, 9.17) is 14.2 Å². The van der Waals surface area contributed by atoms with Gasteiger partial charge in [-0.3, -0.25) is 9.69 Å². The zero-order valence-corrected chi connectivity index (χ0v) is 18.6. The summed E-state index contributed by atoms with van der Waals surface area (Å²) in [6.07, 6.45) is 1.67. The van der Waals surface area contributed by atoms with Crippen LogP contribution in [0.15, 0.2) is 51.6 Å². The summed E-state index contributed by atoms with van der Waals surface area (Å²) in [4.78, 5) is 27.6. The second-order valence-corrected chi connectivity index (χ2v) is 8.00. The molecule has 4 rings (SSSR count). The number of allylic oxidation sites excluding steroid dienone is 1. The highest BCUT2D eigenvalue weighted by atomic mass is 79.9. The Labute approximate surface area is 182 Å². The summed E-state index contributed by atoms with van der Waals surface area (Å²) in [5.74, 6) is 0.358. The maximum Gasteiger partial charge on any atom is 0.340 e. The molecule has 2 aliphatic rings. The number of carbonyl (C=O) groups is 2. The lowest BCUT2D eigenvalue weighted by atomic mass is 10.0. The van der Waals surface area contributed by atoms with Crippen molar-refractivity contribution in [3.8, 4) is 11.5 Å². The molecule has 0 spiro atoms. The van der Waals surface area contributed by atoms with Crippen LogP contribution in [0.3, 0.4) is 0 Å². The van der Waals surface area contributed by atoms with Crippen LogP contribution in [-0.4, -0.2) is 25.8 Å². The number of hydrogen-bond donors (Lipinski definition) is 0. The summed E-state index contributed by atoms with van der Waals surface area (Å²) in [5.41, 5.74) is 4.61. The molecule has 0 radical (unpaired) electrons. The van der Waals surface area contributed by atoms with Crippen LogP contribution in [0, 0.1) is 13.8 Å². The Morgan fingerprint density at radius 3 is 2.47 bits per heavy atom. The molecular formula is C23H20BrNO5. The Morgan fingerprint density at radius 1 is 1.10 bits per heavy atom. The van der Waals surface area contributed by atoms with Gasteiger partial charge in [0.1, 0.15) is 0 Å². The van der Waals surface area contributed by atoms with Crippen molar-refractivity contribution in [3.63, 3.8) is 0 Å². The maximum absolute atomic E-state index is 13.4. The van der Waals surface area contributed by atoms with Crippen molar-refractivity contribution in [2.24, 2.45) is 0 Å². The highest BCUT2D eigenvalue weighted by Gasteiger charge is 2.38. The maximum atomic E-state index is 13.4. The summed E-state index contributed by atoms with van der Waals surface area (Å²) in [7, 11) is 1.31. The first-order chi connectivity index (χ1) is 14.3. The van der Waals surface area contributed by atoms with E-state index in [1.165, 1.54) is 7.11 Å². The van der Waals surface area contributed by atoms with E-state index in [0.29, 0.717) is 28.4 Å². The number of fused-ring (bicyclic) bond motifs is 1. The number of nitrogens with zero attached hydrogens (tertiary/aromatic N) is 1. The second-order valence-electron chi connectivity index (χ2n) is 7.15. The number of amides is 1. The number of ether oxygens (including phenoxy) is 3. The van der Waals surface area contributed by atoms with Gasteiger partial charge in [-0.25, -0.2) is 4.79 Å². The molecule has 2 aromatic rings. The van der Waals surface area contributed by atoms with Crippen LogP contribution < -0.4 is 14.4 Å². The standard InChI is InChI=1S/C23H20BrNO5/c1-12-5-6-16(7-13(12)2)25-14(3)21(23(27)28-4)17(22(25)26)8-15-9-19-20(10-18(15)24)30-11-29-19/h5-10H,11H2,1-4H3/b17-8-. The Bertz CT molecular complexity index is 1150. The quantitative estimate of drug-likeness (QED) is 0.482. The normalized spacial score (nSPS) is 16.6. The van der Waals surface area contributed by atoms with Gasteiger partial charge in [0.25, 0.3) is 5.91 Å². The molecule has 0 unspecified atom stereocenters. The lowest BCUT2D eigenvalue weighted by molar-refractivity contribution is -0.136. The van der Waals surface area contributed by atoms with Gasteiger partial charge in [0.05, 0.1) is 18.3 Å². The Kier molecular flexibility index (Phi) is 5.15. The molecule has 154 valence electrons. The topological polar surface area (TPSA) is 65.1 Å². The molecule has 0 atom stereocenters. The van der Waals surface area contributed by atoms with E-state index in [1.54, 1.807) is 30.0 Å². The molecule has 2 aliphatic heterocycles. The van der Waals surface area contributed by atoms with Crippen LogP contribution in [-0.2, 0) is 14.3 Å². The Balaban J connectivity index is 1.85. The van der Waals surface area contributed by atoms with Crippen LogP contribution in [0.25, 0.3) is 6.08 Å². The van der Waals surface area contributed by atoms with Crippen LogP contribution in [0.2, 0.25) is 0 Å². The molecule has 0 aliphatic carbocycles. The first kappa shape index (κ1) is 20.2. The van der Waals surface area contributed by atoms with Gasteiger partial charge in [-0.1, -0.05) is 22.0 Å². The summed E-state index contributed by atoms with van der Waals surface area (Å²) in [5, 5.41) is 0. The lowest BCUT2D eigenvalue weighted by Crippen LogP contribution is -2.24. The molecule has 2 heterocycles. The minimum Gasteiger partial charge on any atom is -0.465 e. The van der Waals surface area contributed by atoms with E-state index >= 15 is 0 Å². The van der Waals surface area contributed by atoms with Gasteiger partial charge in [0.15, 0.2) is 11.5 Å². The molecule has 0 saturated heterocycles. The highest BCUT2D eigenvalue weighted by Crippen LogP contribution is 2.40. The van der Waals surface area contributed by atoms with Gasteiger partial charge >= 0.3 is 5.97 Å².